The molecule has 0 unspecified atom stereocenters. The SMILES string of the molecule is COC[C@@H](O)CN1CCC(NCc2ccccc2OC)CC1. The van der Waals surface area contributed by atoms with E-state index in [-0.39, 0.29) is 6.10 Å². The maximum atomic E-state index is 9.78. The van der Waals surface area contributed by atoms with Crippen LogP contribution in [0.1, 0.15) is 18.4 Å². The molecule has 1 saturated heterocycles. The minimum Gasteiger partial charge on any atom is -0.496 e. The fourth-order valence-electron chi connectivity index (χ4n) is 2.97. The van der Waals surface area contributed by atoms with Crippen LogP contribution in [0.25, 0.3) is 0 Å². The Labute approximate surface area is 133 Å². The average Bonchev–Trinajstić information content (AvgIpc) is 2.54. The van der Waals surface area contributed by atoms with Crippen LogP contribution in [-0.2, 0) is 11.3 Å². The highest BCUT2D eigenvalue weighted by atomic mass is 16.5. The van der Waals surface area contributed by atoms with E-state index in [0.29, 0.717) is 19.2 Å². The van der Waals surface area contributed by atoms with Crippen LogP contribution < -0.4 is 10.1 Å². The zero-order valence-electron chi connectivity index (χ0n) is 13.6. The highest BCUT2D eigenvalue weighted by Crippen LogP contribution is 2.18. The van der Waals surface area contributed by atoms with Crippen molar-refractivity contribution < 1.29 is 14.6 Å². The third kappa shape index (κ3) is 5.25. The molecule has 2 rings (SSSR count). The van der Waals surface area contributed by atoms with E-state index in [4.69, 9.17) is 9.47 Å². The van der Waals surface area contributed by atoms with E-state index in [2.05, 4.69) is 16.3 Å². The highest BCUT2D eigenvalue weighted by Gasteiger charge is 2.20. The van der Waals surface area contributed by atoms with Gasteiger partial charge in [-0.05, 0) is 32.0 Å². The van der Waals surface area contributed by atoms with Gasteiger partial charge in [-0.1, -0.05) is 18.2 Å². The zero-order valence-corrected chi connectivity index (χ0v) is 13.6. The molecule has 0 aliphatic carbocycles. The number of nitrogens with one attached hydrogen (secondary N) is 1. The number of hydrogen-bond donors (Lipinski definition) is 2. The molecule has 0 radical (unpaired) electrons. The summed E-state index contributed by atoms with van der Waals surface area (Å²) in [5.41, 5.74) is 1.20. The number of methoxy groups -OCH3 is 2. The van der Waals surface area contributed by atoms with Gasteiger partial charge in [0.25, 0.3) is 0 Å². The molecule has 124 valence electrons. The van der Waals surface area contributed by atoms with Crippen molar-refractivity contribution in [1.29, 1.82) is 0 Å². The van der Waals surface area contributed by atoms with E-state index in [0.717, 1.165) is 38.2 Å². The summed E-state index contributed by atoms with van der Waals surface area (Å²) in [6, 6.07) is 8.66. The number of piperidine rings is 1. The first-order valence-electron chi connectivity index (χ1n) is 7.97. The topological polar surface area (TPSA) is 54.0 Å². The van der Waals surface area contributed by atoms with Crippen molar-refractivity contribution >= 4 is 0 Å². The molecular weight excluding hydrogens is 280 g/mol. The van der Waals surface area contributed by atoms with Crippen LogP contribution in [0.3, 0.4) is 0 Å². The summed E-state index contributed by atoms with van der Waals surface area (Å²) >= 11 is 0. The van der Waals surface area contributed by atoms with Crippen LogP contribution in [0.2, 0.25) is 0 Å². The standard InChI is InChI=1S/C17H28N2O3/c1-21-13-16(20)12-19-9-7-15(8-10-19)18-11-14-5-3-4-6-17(14)22-2/h3-6,15-16,18,20H,7-13H2,1-2H3/t16-/m0/s1. The van der Waals surface area contributed by atoms with Crippen LogP contribution in [-0.4, -0.2) is 62.6 Å². The Morgan fingerprint density at radius 1 is 1.27 bits per heavy atom. The molecule has 1 aromatic carbocycles. The molecule has 0 aromatic heterocycles. The Hall–Kier alpha value is -1.14. The molecule has 0 amide bonds. The summed E-state index contributed by atoms with van der Waals surface area (Å²) in [6.45, 7) is 3.98. The summed E-state index contributed by atoms with van der Waals surface area (Å²) in [6.07, 6.45) is 1.83. The van der Waals surface area contributed by atoms with Gasteiger partial charge in [0.15, 0.2) is 0 Å². The van der Waals surface area contributed by atoms with Gasteiger partial charge in [0, 0.05) is 31.8 Å². The first-order chi connectivity index (χ1) is 10.7. The van der Waals surface area contributed by atoms with Gasteiger partial charge >= 0.3 is 0 Å². The number of aliphatic hydroxyl groups is 1. The lowest BCUT2D eigenvalue weighted by molar-refractivity contribution is 0.0310. The minimum atomic E-state index is -0.386. The minimum absolute atomic E-state index is 0.386. The molecule has 2 N–H and O–H groups in total. The van der Waals surface area contributed by atoms with Gasteiger partial charge in [-0.3, -0.25) is 0 Å². The van der Waals surface area contributed by atoms with Gasteiger partial charge in [0.05, 0.1) is 19.8 Å². The number of ether oxygens (including phenoxy) is 2. The predicted octanol–water partition coefficient (Wildman–Crippen LogP) is 1.26. The lowest BCUT2D eigenvalue weighted by Gasteiger charge is -2.33. The summed E-state index contributed by atoms with van der Waals surface area (Å²) in [7, 11) is 3.33. The van der Waals surface area contributed by atoms with Crippen molar-refractivity contribution in [3.05, 3.63) is 29.8 Å². The Balaban J connectivity index is 1.71. The van der Waals surface area contributed by atoms with E-state index in [1.165, 1.54) is 5.56 Å². The number of β-amino-alcohol motifs (C(OH)–C–C–N with tert-alkyl or cyclic N) is 1. The summed E-state index contributed by atoms with van der Waals surface area (Å²) in [5, 5.41) is 13.4. The molecule has 1 aliphatic rings. The third-order valence-corrected chi connectivity index (χ3v) is 4.19. The molecule has 1 aliphatic heterocycles. The molecule has 22 heavy (non-hydrogen) atoms. The molecule has 5 nitrogen and oxygen atoms in total. The fourth-order valence-corrected chi connectivity index (χ4v) is 2.97. The molecule has 5 heteroatoms. The Bertz CT molecular complexity index is 434. The summed E-state index contributed by atoms with van der Waals surface area (Å²) in [5.74, 6) is 0.940. The van der Waals surface area contributed by atoms with E-state index >= 15 is 0 Å². The van der Waals surface area contributed by atoms with E-state index in [1.807, 2.05) is 18.2 Å². The van der Waals surface area contributed by atoms with Gasteiger partial charge in [0.2, 0.25) is 0 Å². The van der Waals surface area contributed by atoms with Gasteiger partial charge < -0.3 is 24.8 Å². The first-order valence-corrected chi connectivity index (χ1v) is 7.97. The average molecular weight is 308 g/mol. The van der Waals surface area contributed by atoms with Gasteiger partial charge in [0.1, 0.15) is 5.75 Å². The molecule has 0 saturated carbocycles. The normalized spacial score (nSPS) is 18.3. The number of nitrogens with zero attached hydrogens (tertiary/aromatic N) is 1. The van der Waals surface area contributed by atoms with Crippen molar-refractivity contribution in [3.63, 3.8) is 0 Å². The first kappa shape index (κ1) is 17.2. The van der Waals surface area contributed by atoms with Crippen molar-refractivity contribution in [2.75, 3.05) is 40.5 Å². The van der Waals surface area contributed by atoms with E-state index in [9.17, 15) is 5.11 Å². The molecular formula is C17H28N2O3. The van der Waals surface area contributed by atoms with Crippen molar-refractivity contribution in [3.8, 4) is 5.75 Å². The monoisotopic (exact) mass is 308 g/mol. The van der Waals surface area contributed by atoms with Crippen LogP contribution in [0.4, 0.5) is 0 Å². The van der Waals surface area contributed by atoms with Gasteiger partial charge in [-0.25, -0.2) is 0 Å². The quantitative estimate of drug-likeness (QED) is 0.757. The summed E-state index contributed by atoms with van der Waals surface area (Å²) < 4.78 is 10.4. The lowest BCUT2D eigenvalue weighted by atomic mass is 10.0. The third-order valence-electron chi connectivity index (χ3n) is 4.19. The van der Waals surface area contributed by atoms with Crippen LogP contribution >= 0.6 is 0 Å². The van der Waals surface area contributed by atoms with Crippen LogP contribution in [0.5, 0.6) is 5.75 Å². The second kappa shape index (κ2) is 9.10. The fraction of sp³-hybridized carbons (Fsp3) is 0.647. The number of para-hydroxylation sites is 1. The van der Waals surface area contributed by atoms with E-state index in [1.54, 1.807) is 14.2 Å². The Kier molecular flexibility index (Phi) is 7.12. The lowest BCUT2D eigenvalue weighted by Crippen LogP contribution is -2.45. The molecule has 1 aromatic rings. The smallest absolute Gasteiger partial charge is 0.123 e. The molecule has 1 fully saturated rings. The molecule has 1 heterocycles. The van der Waals surface area contributed by atoms with Crippen molar-refractivity contribution in [2.45, 2.75) is 31.5 Å². The summed E-state index contributed by atoms with van der Waals surface area (Å²) in [4.78, 5) is 2.31. The van der Waals surface area contributed by atoms with Crippen LogP contribution in [0.15, 0.2) is 24.3 Å². The molecule has 1 atom stereocenters. The Morgan fingerprint density at radius 2 is 2.00 bits per heavy atom. The largest absolute Gasteiger partial charge is 0.496 e. The predicted molar refractivity (Wildman–Crippen MR) is 87.2 cm³/mol. The van der Waals surface area contributed by atoms with Crippen molar-refractivity contribution in [1.82, 2.24) is 10.2 Å². The Morgan fingerprint density at radius 3 is 2.68 bits per heavy atom. The number of benzene rings is 1. The maximum Gasteiger partial charge on any atom is 0.123 e. The van der Waals surface area contributed by atoms with Crippen molar-refractivity contribution in [2.24, 2.45) is 0 Å². The zero-order chi connectivity index (χ0) is 15.8. The number of aliphatic hydroxyl groups excluding tert-OH is 1. The molecule has 0 bridgehead atoms. The number of hydrogen-bond acceptors (Lipinski definition) is 5. The van der Waals surface area contributed by atoms with E-state index < -0.39 is 0 Å². The number of likely N-dealkylation sites (tertiary alicyclic amines) is 1. The molecule has 0 spiro atoms. The second-order valence-electron chi connectivity index (χ2n) is 5.88. The van der Waals surface area contributed by atoms with Gasteiger partial charge in [-0.2, -0.15) is 0 Å². The second-order valence-corrected chi connectivity index (χ2v) is 5.88. The maximum absolute atomic E-state index is 9.78. The van der Waals surface area contributed by atoms with Crippen LogP contribution in [0, 0.1) is 0 Å². The number of rotatable bonds is 8. The highest BCUT2D eigenvalue weighted by molar-refractivity contribution is 5.33. The van der Waals surface area contributed by atoms with Gasteiger partial charge in [-0.15, -0.1) is 0 Å².